The highest BCUT2D eigenvalue weighted by atomic mass is 14.9. The Labute approximate surface area is 105 Å². The van der Waals surface area contributed by atoms with Crippen molar-refractivity contribution >= 4 is 0 Å². The average Bonchev–Trinajstić information content (AvgIpc) is 2.41. The van der Waals surface area contributed by atoms with Crippen LogP contribution in [0.5, 0.6) is 0 Å². The van der Waals surface area contributed by atoms with Crippen molar-refractivity contribution < 1.29 is 0 Å². The second-order valence-electron chi connectivity index (χ2n) is 5.00. The molecule has 0 spiro atoms. The fourth-order valence-corrected chi connectivity index (χ4v) is 2.86. The van der Waals surface area contributed by atoms with E-state index in [1.165, 1.54) is 31.2 Å². The van der Waals surface area contributed by atoms with Gasteiger partial charge >= 0.3 is 0 Å². The van der Waals surface area contributed by atoms with Gasteiger partial charge in [0.15, 0.2) is 0 Å². The molecule has 1 aromatic rings. The Hall–Kier alpha value is -0.860. The third-order valence-electron chi connectivity index (χ3n) is 3.78. The van der Waals surface area contributed by atoms with Gasteiger partial charge in [0.1, 0.15) is 0 Å². The monoisotopic (exact) mass is 232 g/mol. The Morgan fingerprint density at radius 1 is 1.12 bits per heavy atom. The fourth-order valence-electron chi connectivity index (χ4n) is 2.86. The molecule has 2 heteroatoms. The smallest absolute Gasteiger partial charge is 0.0136 e. The van der Waals surface area contributed by atoms with Crippen LogP contribution in [0.3, 0.4) is 0 Å². The Balaban J connectivity index is 1.97. The highest BCUT2D eigenvalue weighted by Crippen LogP contribution is 2.32. The third kappa shape index (κ3) is 3.55. The molecule has 1 saturated carbocycles. The van der Waals surface area contributed by atoms with Crippen molar-refractivity contribution in [3.63, 3.8) is 0 Å². The topological polar surface area (TPSA) is 38.0 Å². The first-order valence-corrected chi connectivity index (χ1v) is 6.90. The van der Waals surface area contributed by atoms with Gasteiger partial charge in [0.2, 0.25) is 0 Å². The summed E-state index contributed by atoms with van der Waals surface area (Å²) in [6.45, 7) is 1.85. The van der Waals surface area contributed by atoms with Gasteiger partial charge in [-0.2, -0.15) is 0 Å². The van der Waals surface area contributed by atoms with Crippen LogP contribution in [0.1, 0.15) is 43.6 Å². The van der Waals surface area contributed by atoms with Gasteiger partial charge in [-0.25, -0.2) is 0 Å². The Kier molecular flexibility index (Phi) is 5.02. The summed E-state index contributed by atoms with van der Waals surface area (Å²) in [5.41, 5.74) is 7.05. The molecule has 17 heavy (non-hydrogen) atoms. The van der Waals surface area contributed by atoms with Crippen molar-refractivity contribution in [1.82, 2.24) is 5.32 Å². The number of benzene rings is 1. The summed E-state index contributed by atoms with van der Waals surface area (Å²) in [6, 6.07) is 11.6. The van der Waals surface area contributed by atoms with E-state index >= 15 is 0 Å². The first-order valence-electron chi connectivity index (χ1n) is 6.90. The van der Waals surface area contributed by atoms with Gasteiger partial charge in [-0.15, -0.1) is 0 Å². The molecule has 0 aromatic heterocycles. The van der Waals surface area contributed by atoms with E-state index < -0.39 is 0 Å². The number of hydrogen-bond donors (Lipinski definition) is 2. The summed E-state index contributed by atoms with van der Waals surface area (Å²) in [6.07, 6.45) is 6.45. The van der Waals surface area contributed by atoms with Crippen molar-refractivity contribution in [2.24, 2.45) is 5.73 Å². The van der Waals surface area contributed by atoms with Crippen LogP contribution in [0.15, 0.2) is 30.3 Å². The lowest BCUT2D eigenvalue weighted by Crippen LogP contribution is -2.38. The van der Waals surface area contributed by atoms with Crippen molar-refractivity contribution in [2.45, 2.75) is 44.1 Å². The van der Waals surface area contributed by atoms with Crippen LogP contribution in [0.25, 0.3) is 0 Å². The minimum absolute atomic E-state index is 0.651. The predicted octanol–water partition coefficient (Wildman–Crippen LogP) is 2.65. The molecule has 0 heterocycles. The SMILES string of the molecule is NCCCNC1CCCCC1c1ccccc1. The molecule has 2 nitrogen and oxygen atoms in total. The van der Waals surface area contributed by atoms with Crippen LogP contribution < -0.4 is 11.1 Å². The minimum atomic E-state index is 0.651. The average molecular weight is 232 g/mol. The van der Waals surface area contributed by atoms with Gasteiger partial charge in [-0.1, -0.05) is 43.2 Å². The number of rotatable bonds is 5. The maximum Gasteiger partial charge on any atom is 0.0136 e. The van der Waals surface area contributed by atoms with Gasteiger partial charge in [-0.05, 0) is 43.8 Å². The zero-order valence-corrected chi connectivity index (χ0v) is 10.6. The zero-order chi connectivity index (χ0) is 11.9. The molecule has 94 valence electrons. The van der Waals surface area contributed by atoms with Gasteiger partial charge in [0, 0.05) is 6.04 Å². The highest BCUT2D eigenvalue weighted by molar-refractivity contribution is 5.21. The standard InChI is InChI=1S/C15H24N2/c16-11-6-12-17-15-10-5-4-9-14(15)13-7-2-1-3-8-13/h1-3,7-8,14-15,17H,4-6,9-12,16H2. The Morgan fingerprint density at radius 3 is 2.65 bits per heavy atom. The van der Waals surface area contributed by atoms with E-state index in [1.54, 1.807) is 0 Å². The molecular formula is C15H24N2. The van der Waals surface area contributed by atoms with E-state index in [2.05, 4.69) is 35.6 Å². The second kappa shape index (κ2) is 6.77. The van der Waals surface area contributed by atoms with E-state index in [0.29, 0.717) is 12.0 Å². The van der Waals surface area contributed by atoms with Crippen molar-refractivity contribution in [3.8, 4) is 0 Å². The first-order chi connectivity index (χ1) is 8.42. The lowest BCUT2D eigenvalue weighted by atomic mass is 9.80. The Bertz CT molecular complexity index is 310. The Morgan fingerprint density at radius 2 is 1.88 bits per heavy atom. The number of nitrogens with two attached hydrogens (primary N) is 1. The third-order valence-corrected chi connectivity index (χ3v) is 3.78. The minimum Gasteiger partial charge on any atom is -0.330 e. The predicted molar refractivity (Wildman–Crippen MR) is 73.1 cm³/mol. The quantitative estimate of drug-likeness (QED) is 0.766. The molecule has 0 saturated heterocycles. The molecule has 0 radical (unpaired) electrons. The number of hydrogen-bond acceptors (Lipinski definition) is 2. The maximum atomic E-state index is 5.55. The van der Waals surface area contributed by atoms with Crippen LogP contribution in [-0.2, 0) is 0 Å². The molecular weight excluding hydrogens is 208 g/mol. The second-order valence-corrected chi connectivity index (χ2v) is 5.00. The van der Waals surface area contributed by atoms with Gasteiger partial charge < -0.3 is 11.1 Å². The summed E-state index contributed by atoms with van der Waals surface area (Å²) >= 11 is 0. The number of nitrogens with one attached hydrogen (secondary N) is 1. The molecule has 2 unspecified atom stereocenters. The van der Waals surface area contributed by atoms with Gasteiger partial charge in [0.05, 0.1) is 0 Å². The maximum absolute atomic E-state index is 5.55. The largest absolute Gasteiger partial charge is 0.330 e. The molecule has 2 atom stereocenters. The molecule has 3 N–H and O–H groups in total. The van der Waals surface area contributed by atoms with E-state index in [-0.39, 0.29) is 0 Å². The first kappa shape index (κ1) is 12.6. The van der Waals surface area contributed by atoms with Crippen LogP contribution in [0, 0.1) is 0 Å². The lowest BCUT2D eigenvalue weighted by Gasteiger charge is -2.32. The van der Waals surface area contributed by atoms with Gasteiger partial charge in [0.25, 0.3) is 0 Å². The molecule has 0 amide bonds. The van der Waals surface area contributed by atoms with E-state index in [0.717, 1.165) is 19.5 Å². The molecule has 1 fully saturated rings. The molecule has 1 aliphatic rings. The van der Waals surface area contributed by atoms with E-state index in [9.17, 15) is 0 Å². The van der Waals surface area contributed by atoms with Crippen LogP contribution in [-0.4, -0.2) is 19.1 Å². The van der Waals surface area contributed by atoms with Crippen LogP contribution >= 0.6 is 0 Å². The summed E-state index contributed by atoms with van der Waals surface area (Å²) in [5.74, 6) is 0.697. The summed E-state index contributed by atoms with van der Waals surface area (Å²) in [7, 11) is 0. The fraction of sp³-hybridized carbons (Fsp3) is 0.600. The van der Waals surface area contributed by atoms with Crippen molar-refractivity contribution in [3.05, 3.63) is 35.9 Å². The normalized spacial score (nSPS) is 24.8. The molecule has 2 rings (SSSR count). The van der Waals surface area contributed by atoms with Crippen LogP contribution in [0.4, 0.5) is 0 Å². The highest BCUT2D eigenvalue weighted by Gasteiger charge is 2.25. The van der Waals surface area contributed by atoms with E-state index in [4.69, 9.17) is 5.73 Å². The summed E-state index contributed by atoms with van der Waals surface area (Å²) < 4.78 is 0. The van der Waals surface area contributed by atoms with E-state index in [1.807, 2.05) is 0 Å². The van der Waals surface area contributed by atoms with Crippen molar-refractivity contribution in [2.75, 3.05) is 13.1 Å². The van der Waals surface area contributed by atoms with Crippen LogP contribution in [0.2, 0.25) is 0 Å². The van der Waals surface area contributed by atoms with Gasteiger partial charge in [-0.3, -0.25) is 0 Å². The van der Waals surface area contributed by atoms with Crippen molar-refractivity contribution in [1.29, 1.82) is 0 Å². The molecule has 1 aromatic carbocycles. The zero-order valence-electron chi connectivity index (χ0n) is 10.6. The summed E-state index contributed by atoms with van der Waals surface area (Å²) in [5, 5.41) is 3.69. The molecule has 1 aliphatic carbocycles. The lowest BCUT2D eigenvalue weighted by molar-refractivity contribution is 0.327. The summed E-state index contributed by atoms with van der Waals surface area (Å²) in [4.78, 5) is 0. The molecule has 0 bridgehead atoms. The molecule has 0 aliphatic heterocycles.